The number of allylic oxidation sites excluding steroid dienone is 11. The number of aliphatic hydroxyl groups excluding tert-OH is 11. The van der Waals surface area contributed by atoms with Crippen molar-refractivity contribution in [3.05, 3.63) is 72.9 Å². The van der Waals surface area contributed by atoms with Crippen molar-refractivity contribution in [1.29, 1.82) is 0 Å². The fraction of sp³-hybridized carbons (Fsp3) is 0.841. The first-order valence-corrected chi connectivity index (χ1v) is 40.7. The summed E-state index contributed by atoms with van der Waals surface area (Å²) in [6.45, 7) is 1.66. The van der Waals surface area contributed by atoms with Gasteiger partial charge in [0.2, 0.25) is 5.91 Å². The van der Waals surface area contributed by atoms with E-state index in [1.165, 1.54) is 205 Å². The van der Waals surface area contributed by atoms with Gasteiger partial charge in [0, 0.05) is 6.42 Å². The van der Waals surface area contributed by atoms with Crippen LogP contribution in [0.15, 0.2) is 72.9 Å². The number of nitrogens with one attached hydrogen (secondary N) is 1. The van der Waals surface area contributed by atoms with E-state index >= 15 is 0 Å². The monoisotopic (exact) mass is 1430 g/mol. The standard InChI is InChI=1S/C82H147NO18/c1-3-5-7-9-11-13-15-17-19-21-23-25-27-29-30-31-32-33-34-36-38-40-42-44-46-48-50-52-54-56-58-60-70(88)83-65(66(87)59-57-55-53-51-49-47-45-43-41-39-37-35-28-26-24-22-20-18-16-14-12-10-8-6-4-2)64-96-80-76(94)73(91)78(68(62-85)98-80)101-82-77(95)74(92)79(69(63-86)99-82)100-81-75(93)72(90)71(89)67(61-84)97-81/h5,7,11,13,17,19,23,25,29-30,57,59,65-69,71-82,84-87,89-95H,3-4,6,8-10,12,14-16,18,20-22,24,26-28,31-56,58,60-64H2,1-2H3,(H,83,88)/b7-5-,13-11-,19-17-,25-23-,30-29-,59-57+. The average Bonchev–Trinajstić information content (AvgIpc) is 0.792. The Morgan fingerprint density at radius 1 is 0.366 bits per heavy atom. The first kappa shape index (κ1) is 92.4. The van der Waals surface area contributed by atoms with Gasteiger partial charge in [-0.25, -0.2) is 0 Å². The van der Waals surface area contributed by atoms with Crippen LogP contribution >= 0.6 is 0 Å². The molecule has 12 N–H and O–H groups in total. The molecule has 3 heterocycles. The molecule has 0 spiro atoms. The number of unbranched alkanes of at least 4 members (excludes halogenated alkanes) is 38. The van der Waals surface area contributed by atoms with E-state index in [9.17, 15) is 61.0 Å². The van der Waals surface area contributed by atoms with E-state index in [1.807, 2.05) is 6.08 Å². The quantitative estimate of drug-likeness (QED) is 0.0199. The fourth-order valence-electron chi connectivity index (χ4n) is 13.5. The largest absolute Gasteiger partial charge is 0.394 e. The number of hydrogen-bond acceptors (Lipinski definition) is 18. The van der Waals surface area contributed by atoms with Crippen LogP contribution in [0.4, 0.5) is 0 Å². The molecule has 588 valence electrons. The maximum Gasteiger partial charge on any atom is 0.220 e. The van der Waals surface area contributed by atoms with Crippen LogP contribution in [0.3, 0.4) is 0 Å². The van der Waals surface area contributed by atoms with Gasteiger partial charge in [-0.2, -0.15) is 0 Å². The zero-order valence-electron chi connectivity index (χ0n) is 62.9. The van der Waals surface area contributed by atoms with Gasteiger partial charge in [-0.3, -0.25) is 4.79 Å². The molecule has 3 fully saturated rings. The van der Waals surface area contributed by atoms with Crippen molar-refractivity contribution in [3.63, 3.8) is 0 Å². The highest BCUT2D eigenvalue weighted by molar-refractivity contribution is 5.76. The molecule has 0 bridgehead atoms. The maximum atomic E-state index is 13.5. The zero-order valence-corrected chi connectivity index (χ0v) is 62.9. The van der Waals surface area contributed by atoms with Crippen LogP contribution in [0.1, 0.15) is 309 Å². The molecule has 0 saturated carbocycles. The van der Waals surface area contributed by atoms with Gasteiger partial charge in [0.15, 0.2) is 18.9 Å². The minimum atomic E-state index is -1.98. The molecule has 1 amide bonds. The Morgan fingerprint density at radius 2 is 0.683 bits per heavy atom. The lowest BCUT2D eigenvalue weighted by Crippen LogP contribution is -2.66. The molecule has 0 aromatic heterocycles. The highest BCUT2D eigenvalue weighted by atomic mass is 16.8. The van der Waals surface area contributed by atoms with Crippen molar-refractivity contribution in [2.75, 3.05) is 26.4 Å². The van der Waals surface area contributed by atoms with Crippen LogP contribution in [-0.2, 0) is 33.2 Å². The van der Waals surface area contributed by atoms with Crippen LogP contribution in [0.5, 0.6) is 0 Å². The van der Waals surface area contributed by atoms with Crippen LogP contribution < -0.4 is 5.32 Å². The van der Waals surface area contributed by atoms with Crippen molar-refractivity contribution in [1.82, 2.24) is 5.32 Å². The molecular weight excluding hydrogens is 1290 g/mol. The SMILES string of the molecule is CC/C=C\C/C=C\C/C=C\C/C=C\C/C=C\CCCCCCCCCCCCCCCCCC(=O)NC(COC1OC(CO)C(OC2OC(CO)C(OC3OC(CO)C(O)C(O)C3O)C(O)C2O)C(O)C1O)C(O)/C=C/CCCCCCCCCCCCCCCCCCCCCCCCC. The van der Waals surface area contributed by atoms with E-state index in [1.54, 1.807) is 6.08 Å². The first-order valence-electron chi connectivity index (χ1n) is 40.7. The highest BCUT2D eigenvalue weighted by Crippen LogP contribution is 2.33. The summed E-state index contributed by atoms with van der Waals surface area (Å²) in [5.41, 5.74) is 0. The van der Waals surface area contributed by atoms with E-state index in [4.69, 9.17) is 28.4 Å². The molecule has 17 unspecified atom stereocenters. The van der Waals surface area contributed by atoms with Gasteiger partial charge in [-0.1, -0.05) is 311 Å². The molecule has 101 heavy (non-hydrogen) atoms. The Bertz CT molecular complexity index is 2110. The van der Waals surface area contributed by atoms with Crippen molar-refractivity contribution < 1.29 is 89.4 Å². The molecule has 3 rings (SSSR count). The van der Waals surface area contributed by atoms with E-state index in [2.05, 4.69) is 79.9 Å². The fourth-order valence-corrected chi connectivity index (χ4v) is 13.5. The van der Waals surface area contributed by atoms with Crippen LogP contribution in [0.25, 0.3) is 0 Å². The zero-order chi connectivity index (χ0) is 73.2. The summed E-state index contributed by atoms with van der Waals surface area (Å²) >= 11 is 0. The lowest BCUT2D eigenvalue weighted by Gasteiger charge is -2.48. The number of amides is 1. The van der Waals surface area contributed by atoms with Crippen molar-refractivity contribution >= 4 is 5.91 Å². The summed E-state index contributed by atoms with van der Waals surface area (Å²) < 4.78 is 34.5. The number of hydrogen-bond donors (Lipinski definition) is 12. The minimum Gasteiger partial charge on any atom is -0.394 e. The van der Waals surface area contributed by atoms with E-state index < -0.39 is 124 Å². The molecule has 3 saturated heterocycles. The Kier molecular flexibility index (Phi) is 57.0. The predicted molar refractivity (Wildman–Crippen MR) is 401 cm³/mol. The van der Waals surface area contributed by atoms with Gasteiger partial charge in [0.25, 0.3) is 0 Å². The Hall–Kier alpha value is -2.77. The third-order valence-corrected chi connectivity index (χ3v) is 20.0. The molecule has 17 atom stereocenters. The number of aliphatic hydroxyl groups is 11. The van der Waals surface area contributed by atoms with Crippen molar-refractivity contribution in [2.24, 2.45) is 0 Å². The lowest BCUT2D eigenvalue weighted by atomic mass is 9.96. The molecule has 19 heteroatoms. The summed E-state index contributed by atoms with van der Waals surface area (Å²) in [6, 6.07) is -0.978. The molecule has 0 aromatic carbocycles. The van der Waals surface area contributed by atoms with Gasteiger partial charge in [0.05, 0.1) is 38.6 Å². The second kappa shape index (κ2) is 62.3. The predicted octanol–water partition coefficient (Wildman–Crippen LogP) is 13.6. The molecule has 0 radical (unpaired) electrons. The van der Waals surface area contributed by atoms with E-state index in [0.29, 0.717) is 6.42 Å². The summed E-state index contributed by atoms with van der Waals surface area (Å²) in [6.07, 6.45) is 54.5. The lowest BCUT2D eigenvalue weighted by molar-refractivity contribution is -0.379. The van der Waals surface area contributed by atoms with E-state index in [0.717, 1.165) is 77.0 Å². The molecule has 0 aliphatic carbocycles. The maximum absolute atomic E-state index is 13.5. The average molecular weight is 1440 g/mol. The summed E-state index contributed by atoms with van der Waals surface area (Å²) in [5, 5.41) is 121. The third kappa shape index (κ3) is 42.4. The van der Waals surface area contributed by atoms with Gasteiger partial charge in [-0.05, 0) is 64.2 Å². The van der Waals surface area contributed by atoms with E-state index in [-0.39, 0.29) is 18.9 Å². The molecule has 0 aromatic rings. The number of carbonyl (C=O) groups excluding carboxylic acids is 1. The molecule has 3 aliphatic rings. The van der Waals surface area contributed by atoms with Gasteiger partial charge >= 0.3 is 0 Å². The summed E-state index contributed by atoms with van der Waals surface area (Å²) in [7, 11) is 0. The highest BCUT2D eigenvalue weighted by Gasteiger charge is 2.54. The normalized spacial score (nSPS) is 26.7. The van der Waals surface area contributed by atoms with Gasteiger partial charge in [-0.15, -0.1) is 0 Å². The topological polar surface area (TPSA) is 307 Å². The second-order valence-corrected chi connectivity index (χ2v) is 28.9. The molecule has 3 aliphatic heterocycles. The van der Waals surface area contributed by atoms with Crippen molar-refractivity contribution in [3.8, 4) is 0 Å². The van der Waals surface area contributed by atoms with Crippen LogP contribution in [-0.4, -0.2) is 193 Å². The van der Waals surface area contributed by atoms with Crippen LogP contribution in [0, 0.1) is 0 Å². The number of ether oxygens (including phenoxy) is 6. The summed E-state index contributed by atoms with van der Waals surface area (Å²) in [5.74, 6) is -0.274. The second-order valence-electron chi connectivity index (χ2n) is 28.9. The Labute approximate surface area is 610 Å². The Balaban J connectivity index is 1.37. The van der Waals surface area contributed by atoms with Gasteiger partial charge in [0.1, 0.15) is 73.2 Å². The molecule has 19 nitrogen and oxygen atoms in total. The summed E-state index contributed by atoms with van der Waals surface area (Å²) in [4.78, 5) is 13.5. The number of rotatable bonds is 64. The Morgan fingerprint density at radius 3 is 1.07 bits per heavy atom. The van der Waals surface area contributed by atoms with Crippen molar-refractivity contribution in [2.45, 2.75) is 413 Å². The number of carbonyl (C=O) groups is 1. The van der Waals surface area contributed by atoms with Crippen LogP contribution in [0.2, 0.25) is 0 Å². The third-order valence-electron chi connectivity index (χ3n) is 20.0. The first-order chi connectivity index (χ1) is 49.3. The van der Waals surface area contributed by atoms with Gasteiger partial charge < -0.3 is 89.9 Å². The minimum absolute atomic E-state index is 0.241. The smallest absolute Gasteiger partial charge is 0.220 e. The molecular formula is C82H147NO18.